The van der Waals surface area contributed by atoms with E-state index in [1.54, 1.807) is 36.4 Å². The van der Waals surface area contributed by atoms with E-state index in [-0.39, 0.29) is 30.0 Å². The van der Waals surface area contributed by atoms with Gasteiger partial charge in [0.15, 0.2) is 0 Å². The number of aromatic hydroxyl groups is 2. The van der Waals surface area contributed by atoms with E-state index >= 15 is 4.79 Å². The molecule has 2 heterocycles. The van der Waals surface area contributed by atoms with Gasteiger partial charge in [0, 0.05) is 27.0 Å². The van der Waals surface area contributed by atoms with E-state index in [9.17, 15) is 38.9 Å². The van der Waals surface area contributed by atoms with Gasteiger partial charge < -0.3 is 15.3 Å². The van der Waals surface area contributed by atoms with Gasteiger partial charge in [0.05, 0.1) is 34.5 Å². The van der Waals surface area contributed by atoms with Gasteiger partial charge in [0.1, 0.15) is 22.9 Å². The van der Waals surface area contributed by atoms with Gasteiger partial charge in [-0.2, -0.15) is 5.01 Å². The number of phenolic OH excluding ortho intramolecular Hbond substituents is 1. The lowest BCUT2D eigenvalue weighted by Crippen LogP contribution is -2.53. The second-order valence-corrected chi connectivity index (χ2v) is 14.9. The van der Waals surface area contributed by atoms with Gasteiger partial charge in [-0.25, -0.2) is 14.1 Å². The van der Waals surface area contributed by atoms with Crippen molar-refractivity contribution in [3.8, 4) is 11.5 Å². The average molecular weight is 801 g/mol. The number of rotatable bonds is 6. The molecule has 3 fully saturated rings. The first-order chi connectivity index (χ1) is 25.3. The molecule has 4 aromatic rings. The molecular formula is C39H28BrClFN3O8. The van der Waals surface area contributed by atoms with E-state index in [0.717, 1.165) is 22.0 Å². The molecule has 1 saturated carbocycles. The van der Waals surface area contributed by atoms with Crippen molar-refractivity contribution >= 4 is 68.5 Å². The zero-order valence-electron chi connectivity index (χ0n) is 27.4. The van der Waals surface area contributed by atoms with Gasteiger partial charge in [-0.05, 0) is 91.1 Å². The first-order valence-corrected chi connectivity index (χ1v) is 17.8. The summed E-state index contributed by atoms with van der Waals surface area (Å²) in [5, 5.41) is 32.6. The minimum absolute atomic E-state index is 0.00671. The van der Waals surface area contributed by atoms with Crippen LogP contribution in [0.2, 0.25) is 5.02 Å². The van der Waals surface area contributed by atoms with Gasteiger partial charge in [0.2, 0.25) is 11.8 Å². The lowest BCUT2D eigenvalue weighted by molar-refractivity contribution is -0.138. The SMILES string of the molecule is O=C(O)c1ccc(N2C(=O)[C@H]3[C@H](CC=C4[C@H]3C[C@H]3C(=O)N(Nc5ccc(F)cc5)C(=O)[C@@]3(c3ccc(Cl)cc3)[C@H]4c3cc(Br)ccc3O)C2=O)cc1O. The number of anilines is 2. The van der Waals surface area contributed by atoms with Crippen LogP contribution in [0.5, 0.6) is 11.5 Å². The Kier molecular flexibility index (Phi) is 8.19. The molecule has 0 spiro atoms. The zero-order valence-corrected chi connectivity index (χ0v) is 29.7. The van der Waals surface area contributed by atoms with Crippen molar-refractivity contribution in [3.63, 3.8) is 0 Å². The number of carbonyl (C=O) groups is 5. The number of carboxylic acid groups (broad SMARTS) is 1. The van der Waals surface area contributed by atoms with E-state index in [2.05, 4.69) is 21.4 Å². The fourth-order valence-electron chi connectivity index (χ4n) is 8.85. The molecule has 4 amide bonds. The molecule has 6 atom stereocenters. The van der Waals surface area contributed by atoms with Crippen LogP contribution in [0.4, 0.5) is 15.8 Å². The van der Waals surface area contributed by atoms with Crippen molar-refractivity contribution in [3.05, 3.63) is 129 Å². The van der Waals surface area contributed by atoms with Crippen molar-refractivity contribution in [1.29, 1.82) is 0 Å². The fraction of sp³-hybridized carbons (Fsp3) is 0.205. The summed E-state index contributed by atoms with van der Waals surface area (Å²) in [6, 6.07) is 19.9. The van der Waals surface area contributed by atoms with Gasteiger partial charge in [-0.3, -0.25) is 24.6 Å². The van der Waals surface area contributed by atoms with Gasteiger partial charge in [-0.15, -0.1) is 0 Å². The molecular weight excluding hydrogens is 773 g/mol. The lowest BCUT2D eigenvalue weighted by atomic mass is 9.49. The molecule has 53 heavy (non-hydrogen) atoms. The number of imide groups is 2. The number of benzene rings is 4. The maximum atomic E-state index is 15.2. The molecule has 14 heteroatoms. The third-order valence-corrected chi connectivity index (χ3v) is 11.8. The molecule has 8 rings (SSSR count). The molecule has 11 nitrogen and oxygen atoms in total. The summed E-state index contributed by atoms with van der Waals surface area (Å²) in [6.45, 7) is 0. The summed E-state index contributed by atoms with van der Waals surface area (Å²) >= 11 is 9.82. The Balaban J connectivity index is 1.31. The molecule has 0 bridgehead atoms. The van der Waals surface area contributed by atoms with Gasteiger partial charge in [-0.1, -0.05) is 51.3 Å². The van der Waals surface area contributed by atoms with Crippen molar-refractivity contribution in [2.75, 3.05) is 10.3 Å². The number of fused-ring (bicyclic) bond motifs is 4. The molecule has 0 unspecified atom stereocenters. The second-order valence-electron chi connectivity index (χ2n) is 13.6. The van der Waals surface area contributed by atoms with Crippen molar-refractivity contribution < 1.29 is 43.7 Å². The number of nitrogens with zero attached hydrogens (tertiary/aromatic N) is 2. The number of hydrogen-bond donors (Lipinski definition) is 4. The highest BCUT2D eigenvalue weighted by Crippen LogP contribution is 2.65. The minimum atomic E-state index is -1.69. The lowest BCUT2D eigenvalue weighted by Gasteiger charge is -2.50. The monoisotopic (exact) mass is 799 g/mol. The summed E-state index contributed by atoms with van der Waals surface area (Å²) in [5.41, 5.74) is 2.37. The van der Waals surface area contributed by atoms with Crippen LogP contribution in [0, 0.1) is 29.5 Å². The molecule has 268 valence electrons. The molecule has 2 aliphatic carbocycles. The van der Waals surface area contributed by atoms with E-state index in [0.29, 0.717) is 26.2 Å². The highest BCUT2D eigenvalue weighted by molar-refractivity contribution is 9.10. The predicted octanol–water partition coefficient (Wildman–Crippen LogP) is 6.54. The first-order valence-electron chi connectivity index (χ1n) is 16.6. The van der Waals surface area contributed by atoms with Crippen LogP contribution in [-0.2, 0) is 24.6 Å². The zero-order chi connectivity index (χ0) is 37.5. The summed E-state index contributed by atoms with van der Waals surface area (Å²) < 4.78 is 14.4. The van der Waals surface area contributed by atoms with E-state index in [4.69, 9.17) is 11.6 Å². The first kappa shape index (κ1) is 34.6. The number of carbonyl (C=O) groups excluding carboxylic acids is 4. The summed E-state index contributed by atoms with van der Waals surface area (Å²) in [6.07, 6.45) is 1.87. The quantitative estimate of drug-likeness (QED) is 0.125. The topological polar surface area (TPSA) is 165 Å². The molecule has 0 radical (unpaired) electrons. The Labute approximate surface area is 314 Å². The van der Waals surface area contributed by atoms with Crippen LogP contribution in [0.1, 0.15) is 40.2 Å². The number of amides is 4. The molecule has 4 N–H and O–H groups in total. The van der Waals surface area contributed by atoms with Crippen molar-refractivity contribution in [2.24, 2.45) is 23.7 Å². The molecule has 2 aliphatic heterocycles. The molecule has 4 aliphatic rings. The summed E-state index contributed by atoms with van der Waals surface area (Å²) in [4.78, 5) is 70.9. The van der Waals surface area contributed by atoms with Crippen LogP contribution in [0.3, 0.4) is 0 Å². The number of aromatic carboxylic acids is 1. The molecule has 2 saturated heterocycles. The number of phenols is 2. The molecule has 4 aromatic carbocycles. The van der Waals surface area contributed by atoms with Gasteiger partial charge in [0.25, 0.3) is 11.8 Å². The van der Waals surface area contributed by atoms with Crippen molar-refractivity contribution in [2.45, 2.75) is 24.2 Å². The van der Waals surface area contributed by atoms with Crippen LogP contribution in [-0.4, -0.2) is 49.9 Å². The van der Waals surface area contributed by atoms with Crippen LogP contribution in [0.15, 0.2) is 101 Å². The van der Waals surface area contributed by atoms with Crippen LogP contribution >= 0.6 is 27.5 Å². The predicted molar refractivity (Wildman–Crippen MR) is 192 cm³/mol. The maximum Gasteiger partial charge on any atom is 0.339 e. The standard InChI is InChI=1S/C39H28BrClFN3O8/c40-19-3-14-30(46)28(15-19)33-24-12-13-26-32(36(50)44(34(26)48)23-10-11-25(37(51)52)31(47)16-23)27(24)17-29-35(49)45(43-22-8-6-21(42)7-9-22)38(53)39(29,33)18-1-4-20(41)5-2-18/h1-12,14-16,26-27,29,32-33,43,46-47H,13,17H2,(H,51,52)/t26-,27+,29-,32-,33+,39+/m0/s1. The molecule has 0 aromatic heterocycles. The van der Waals surface area contributed by atoms with Crippen LogP contribution < -0.4 is 10.3 Å². The fourth-order valence-corrected chi connectivity index (χ4v) is 9.36. The van der Waals surface area contributed by atoms with E-state index in [1.165, 1.54) is 36.4 Å². The third-order valence-electron chi connectivity index (χ3n) is 11.0. The number of halogens is 3. The van der Waals surface area contributed by atoms with E-state index in [1.807, 2.05) is 6.08 Å². The average Bonchev–Trinajstić information content (AvgIpc) is 3.51. The number of hydrazine groups is 1. The van der Waals surface area contributed by atoms with E-state index < -0.39 is 81.7 Å². The number of hydrogen-bond acceptors (Lipinski definition) is 8. The normalized spacial score (nSPS) is 26.2. The Morgan fingerprint density at radius 2 is 1.58 bits per heavy atom. The Morgan fingerprint density at radius 1 is 0.868 bits per heavy atom. The number of nitrogens with one attached hydrogen (secondary N) is 1. The summed E-state index contributed by atoms with van der Waals surface area (Å²) in [7, 11) is 0. The second kappa shape index (κ2) is 12.6. The largest absolute Gasteiger partial charge is 0.508 e. The van der Waals surface area contributed by atoms with Crippen molar-refractivity contribution in [1.82, 2.24) is 5.01 Å². The highest BCUT2D eigenvalue weighted by atomic mass is 79.9. The Morgan fingerprint density at radius 3 is 2.26 bits per heavy atom. The third kappa shape index (κ3) is 5.16. The Bertz CT molecular complexity index is 2300. The number of carboxylic acids is 1. The highest BCUT2D eigenvalue weighted by Gasteiger charge is 2.70. The van der Waals surface area contributed by atoms with Gasteiger partial charge >= 0.3 is 5.97 Å². The Hall–Kier alpha value is -5.53. The number of allylic oxidation sites excluding steroid dienone is 2. The maximum absolute atomic E-state index is 15.2. The summed E-state index contributed by atoms with van der Waals surface area (Å²) in [5.74, 6) is -9.91. The minimum Gasteiger partial charge on any atom is -0.508 e. The smallest absolute Gasteiger partial charge is 0.339 e. The van der Waals surface area contributed by atoms with Crippen LogP contribution in [0.25, 0.3) is 0 Å².